The highest BCUT2D eigenvalue weighted by molar-refractivity contribution is 6.04. The first-order valence-electron chi connectivity index (χ1n) is 5.84. The number of carboxylic acids is 1. The smallest absolute Gasteiger partial charge is 0.341 e. The summed E-state index contributed by atoms with van der Waals surface area (Å²) < 4.78 is 1.26. The number of benzene rings is 1. The van der Waals surface area contributed by atoms with E-state index in [0.717, 1.165) is 5.39 Å². The van der Waals surface area contributed by atoms with Crippen LogP contribution in [0.1, 0.15) is 10.4 Å². The largest absolute Gasteiger partial charge is 0.477 e. The van der Waals surface area contributed by atoms with Gasteiger partial charge < -0.3 is 9.94 Å². The fraction of sp³-hybridized carbons (Fsp3) is 0.0714. The topological polar surface area (TPSA) is 81.4 Å². The van der Waals surface area contributed by atoms with Crippen LogP contribution in [0.15, 0.2) is 41.5 Å². The lowest BCUT2D eigenvalue weighted by Crippen LogP contribution is -2.21. The Bertz CT molecular complexity index is 899. The molecule has 0 unspecified atom stereocenters. The molecule has 0 radical (unpaired) electrons. The molecular weight excluding hydrogens is 260 g/mol. The van der Waals surface area contributed by atoms with Crippen molar-refractivity contribution >= 4 is 27.8 Å². The van der Waals surface area contributed by atoms with Crippen molar-refractivity contribution in [1.29, 1.82) is 0 Å². The summed E-state index contributed by atoms with van der Waals surface area (Å²) in [5.74, 6) is -1.29. The molecule has 6 heteroatoms. The molecule has 2 aromatic heterocycles. The Kier molecular flexibility index (Phi) is 2.64. The first kappa shape index (κ1) is 12.2. The highest BCUT2D eigenvalue weighted by Gasteiger charge is 2.17. The van der Waals surface area contributed by atoms with Gasteiger partial charge in [0.05, 0.1) is 17.1 Å². The molecule has 0 fully saturated rings. The lowest BCUT2D eigenvalue weighted by molar-refractivity contribution is 0.0691. The van der Waals surface area contributed by atoms with Crippen molar-refractivity contribution in [1.82, 2.24) is 9.71 Å². The minimum absolute atomic E-state index is 0.262. The molecule has 0 amide bonds. The van der Waals surface area contributed by atoms with Gasteiger partial charge in [0.1, 0.15) is 18.2 Å². The number of carbonyl (C=O) groups is 1. The number of hydrogen-bond acceptors (Lipinski definition) is 4. The number of hydrogen-bond donors (Lipinski definition) is 1. The number of pyridine rings is 2. The first-order chi connectivity index (χ1) is 9.63. The average molecular weight is 270 g/mol. The van der Waals surface area contributed by atoms with Gasteiger partial charge in [-0.15, -0.1) is 0 Å². The van der Waals surface area contributed by atoms with Crippen LogP contribution < -0.4 is 10.3 Å². The fourth-order valence-electron chi connectivity index (χ4n) is 2.22. The van der Waals surface area contributed by atoms with Gasteiger partial charge in [-0.3, -0.25) is 9.78 Å². The molecule has 0 aliphatic heterocycles. The van der Waals surface area contributed by atoms with Crippen LogP contribution in [0.4, 0.5) is 0 Å². The molecule has 1 aromatic carbocycles. The van der Waals surface area contributed by atoms with Gasteiger partial charge in [-0.1, -0.05) is 12.1 Å². The second-order valence-electron chi connectivity index (χ2n) is 4.22. The Hall–Kier alpha value is -2.89. The molecule has 0 saturated carbocycles. The van der Waals surface area contributed by atoms with Gasteiger partial charge in [0, 0.05) is 11.6 Å². The van der Waals surface area contributed by atoms with E-state index >= 15 is 0 Å². The SMILES string of the molecule is COn1cc(C(=O)O)c(=O)c2ccc3cccnc3c21. The lowest BCUT2D eigenvalue weighted by atomic mass is 10.1. The van der Waals surface area contributed by atoms with Gasteiger partial charge in [-0.25, -0.2) is 4.79 Å². The quantitative estimate of drug-likeness (QED) is 0.710. The van der Waals surface area contributed by atoms with E-state index in [4.69, 9.17) is 9.94 Å². The normalized spacial score (nSPS) is 10.8. The highest BCUT2D eigenvalue weighted by atomic mass is 16.6. The molecule has 3 aromatic rings. The minimum atomic E-state index is -1.29. The zero-order chi connectivity index (χ0) is 14.3. The van der Waals surface area contributed by atoms with E-state index in [9.17, 15) is 9.59 Å². The van der Waals surface area contributed by atoms with E-state index in [1.54, 1.807) is 24.4 Å². The van der Waals surface area contributed by atoms with Gasteiger partial charge in [0.15, 0.2) is 0 Å². The maximum atomic E-state index is 12.2. The summed E-state index contributed by atoms with van der Waals surface area (Å²) in [5.41, 5.74) is 0.157. The van der Waals surface area contributed by atoms with Crippen molar-refractivity contribution in [2.24, 2.45) is 0 Å². The molecule has 0 aliphatic carbocycles. The fourth-order valence-corrected chi connectivity index (χ4v) is 2.22. The summed E-state index contributed by atoms with van der Waals surface area (Å²) in [7, 11) is 1.40. The van der Waals surface area contributed by atoms with Gasteiger partial charge in [-0.05, 0) is 12.1 Å². The molecule has 6 nitrogen and oxygen atoms in total. The molecule has 0 spiro atoms. The molecule has 20 heavy (non-hydrogen) atoms. The molecule has 0 saturated heterocycles. The van der Waals surface area contributed by atoms with Gasteiger partial charge in [-0.2, -0.15) is 4.73 Å². The Morgan fingerprint density at radius 3 is 2.85 bits per heavy atom. The van der Waals surface area contributed by atoms with Crippen LogP contribution in [0.5, 0.6) is 0 Å². The molecule has 3 rings (SSSR count). The van der Waals surface area contributed by atoms with E-state index in [0.29, 0.717) is 11.0 Å². The summed E-state index contributed by atoms with van der Waals surface area (Å²) in [6.45, 7) is 0. The van der Waals surface area contributed by atoms with E-state index in [-0.39, 0.29) is 10.9 Å². The maximum Gasteiger partial charge on any atom is 0.341 e. The van der Waals surface area contributed by atoms with Gasteiger partial charge in [0.2, 0.25) is 5.43 Å². The molecule has 0 atom stereocenters. The lowest BCUT2D eigenvalue weighted by Gasteiger charge is -2.11. The van der Waals surface area contributed by atoms with E-state index in [1.165, 1.54) is 18.0 Å². The van der Waals surface area contributed by atoms with Crippen LogP contribution in [0.3, 0.4) is 0 Å². The standard InChI is InChI=1S/C14H10N2O4/c1-20-16-7-10(14(18)19)13(17)9-5-4-8-3-2-6-15-11(8)12(9)16/h2-7H,1H3,(H,18,19). The van der Waals surface area contributed by atoms with Crippen LogP contribution in [0.2, 0.25) is 0 Å². The van der Waals surface area contributed by atoms with Gasteiger partial charge >= 0.3 is 5.97 Å². The number of aromatic carboxylic acids is 1. The second kappa shape index (κ2) is 4.34. The zero-order valence-electron chi connectivity index (χ0n) is 10.5. The van der Waals surface area contributed by atoms with E-state index in [1.807, 2.05) is 6.07 Å². The van der Waals surface area contributed by atoms with Crippen molar-refractivity contribution in [2.75, 3.05) is 7.11 Å². The number of nitrogens with zero attached hydrogens (tertiary/aromatic N) is 2. The van der Waals surface area contributed by atoms with E-state index < -0.39 is 11.4 Å². The van der Waals surface area contributed by atoms with Gasteiger partial charge in [0.25, 0.3) is 0 Å². The van der Waals surface area contributed by atoms with Crippen molar-refractivity contribution in [3.63, 3.8) is 0 Å². The van der Waals surface area contributed by atoms with Crippen LogP contribution in [0, 0.1) is 0 Å². The summed E-state index contributed by atoms with van der Waals surface area (Å²) in [5, 5.41) is 10.2. The minimum Gasteiger partial charge on any atom is -0.477 e. The third-order valence-electron chi connectivity index (χ3n) is 3.13. The predicted molar refractivity (Wildman–Crippen MR) is 73.0 cm³/mol. The third-order valence-corrected chi connectivity index (χ3v) is 3.13. The molecule has 0 aliphatic rings. The van der Waals surface area contributed by atoms with Crippen LogP contribution in [-0.4, -0.2) is 27.9 Å². The molecule has 100 valence electrons. The van der Waals surface area contributed by atoms with Crippen molar-refractivity contribution in [3.05, 3.63) is 52.4 Å². The van der Waals surface area contributed by atoms with Crippen molar-refractivity contribution in [2.45, 2.75) is 0 Å². The Morgan fingerprint density at radius 1 is 1.35 bits per heavy atom. The van der Waals surface area contributed by atoms with Crippen LogP contribution >= 0.6 is 0 Å². The number of aromatic nitrogens is 2. The summed E-state index contributed by atoms with van der Waals surface area (Å²) in [4.78, 5) is 32.7. The molecular formula is C14H10N2O4. The summed E-state index contributed by atoms with van der Waals surface area (Å²) >= 11 is 0. The predicted octanol–water partition coefficient (Wildman–Crippen LogP) is 1.31. The Balaban J connectivity index is 2.59. The number of fused-ring (bicyclic) bond motifs is 3. The average Bonchev–Trinajstić information content (AvgIpc) is 2.47. The Labute approximate surface area is 112 Å². The van der Waals surface area contributed by atoms with E-state index in [2.05, 4.69) is 4.98 Å². The first-order valence-corrected chi connectivity index (χ1v) is 5.84. The maximum absolute atomic E-state index is 12.2. The van der Waals surface area contributed by atoms with Crippen LogP contribution in [-0.2, 0) is 0 Å². The third kappa shape index (κ3) is 1.62. The molecule has 2 heterocycles. The monoisotopic (exact) mass is 270 g/mol. The van der Waals surface area contributed by atoms with Crippen molar-refractivity contribution < 1.29 is 14.7 Å². The number of rotatable bonds is 2. The molecule has 1 N–H and O–H groups in total. The molecule has 0 bridgehead atoms. The highest BCUT2D eigenvalue weighted by Crippen LogP contribution is 2.21. The number of carboxylic acid groups (broad SMARTS) is 1. The van der Waals surface area contributed by atoms with Crippen LogP contribution in [0.25, 0.3) is 21.8 Å². The summed E-state index contributed by atoms with van der Waals surface area (Å²) in [6, 6.07) is 6.97. The Morgan fingerprint density at radius 2 is 2.15 bits per heavy atom. The van der Waals surface area contributed by atoms with Crippen molar-refractivity contribution in [3.8, 4) is 0 Å². The summed E-state index contributed by atoms with van der Waals surface area (Å²) in [6.07, 6.45) is 2.78. The zero-order valence-corrected chi connectivity index (χ0v) is 10.5. The second-order valence-corrected chi connectivity index (χ2v) is 4.22.